The van der Waals surface area contributed by atoms with Gasteiger partial charge in [-0.15, -0.1) is 0 Å². The number of nitrogens with zero attached hydrogens (tertiary/aromatic N) is 2. The van der Waals surface area contributed by atoms with E-state index in [9.17, 15) is 14.7 Å². The maximum absolute atomic E-state index is 13.8. The Hall–Kier alpha value is -3.14. The summed E-state index contributed by atoms with van der Waals surface area (Å²) < 4.78 is 5.28. The number of aryl methyl sites for hydroxylation is 1. The van der Waals surface area contributed by atoms with Crippen LogP contribution in [0.1, 0.15) is 62.6 Å². The Labute approximate surface area is 236 Å². The number of hydrogen-bond acceptors (Lipinski definition) is 5. The molecule has 39 heavy (non-hydrogen) atoms. The van der Waals surface area contributed by atoms with E-state index in [2.05, 4.69) is 20.6 Å². The zero-order valence-electron chi connectivity index (χ0n) is 22.8. The Balaban J connectivity index is 1.39. The molecule has 4 rings (SSSR count). The number of hydrogen-bond donors (Lipinski definition) is 4. The van der Waals surface area contributed by atoms with Crippen molar-refractivity contribution in [2.75, 3.05) is 26.7 Å². The third kappa shape index (κ3) is 7.50. The van der Waals surface area contributed by atoms with Crippen molar-refractivity contribution in [1.82, 2.24) is 25.5 Å². The van der Waals surface area contributed by atoms with Gasteiger partial charge in [-0.25, -0.2) is 4.98 Å². The highest BCUT2D eigenvalue weighted by Crippen LogP contribution is 2.46. The van der Waals surface area contributed by atoms with Crippen LogP contribution in [0.25, 0.3) is 0 Å². The number of aromatic nitrogens is 2. The Morgan fingerprint density at radius 2 is 1.92 bits per heavy atom. The number of thiocarbonyl (C=S) groups is 1. The van der Waals surface area contributed by atoms with Crippen LogP contribution in [0, 0.1) is 11.3 Å². The summed E-state index contributed by atoms with van der Waals surface area (Å²) in [5.41, 5.74) is 1.34. The molecule has 2 fully saturated rings. The third-order valence-electron chi connectivity index (χ3n) is 8.45. The number of nitrogens with one attached hydrogen (secondary N) is 3. The van der Waals surface area contributed by atoms with Crippen molar-refractivity contribution in [1.29, 1.82) is 0 Å². The smallest absolute Gasteiger partial charge is 0.310 e. The largest absolute Gasteiger partial charge is 0.497 e. The Morgan fingerprint density at radius 1 is 1.21 bits per heavy atom. The van der Waals surface area contributed by atoms with Crippen LogP contribution in [0.2, 0.25) is 0 Å². The average Bonchev–Trinajstić information content (AvgIpc) is 3.49. The zero-order valence-corrected chi connectivity index (χ0v) is 23.6. The summed E-state index contributed by atoms with van der Waals surface area (Å²) in [7, 11) is 1.63. The van der Waals surface area contributed by atoms with Gasteiger partial charge in [0.2, 0.25) is 5.91 Å². The minimum Gasteiger partial charge on any atom is -0.497 e. The molecule has 10 heteroatoms. The fourth-order valence-corrected chi connectivity index (χ4v) is 6.35. The highest BCUT2D eigenvalue weighted by atomic mass is 32.1. The lowest BCUT2D eigenvalue weighted by Gasteiger charge is -2.45. The molecule has 1 saturated carbocycles. The average molecular weight is 556 g/mol. The van der Waals surface area contributed by atoms with Gasteiger partial charge in [-0.1, -0.05) is 31.4 Å². The summed E-state index contributed by atoms with van der Waals surface area (Å²) in [6, 6.07) is 7.12. The van der Waals surface area contributed by atoms with Crippen molar-refractivity contribution >= 4 is 29.2 Å². The summed E-state index contributed by atoms with van der Waals surface area (Å²) in [6.45, 7) is 1.57. The number of carbonyl (C=O) groups is 2. The van der Waals surface area contributed by atoms with E-state index < -0.39 is 17.4 Å². The van der Waals surface area contributed by atoms with Crippen LogP contribution < -0.4 is 15.4 Å². The third-order valence-corrected chi connectivity index (χ3v) is 8.71. The minimum absolute atomic E-state index is 0.0462. The summed E-state index contributed by atoms with van der Waals surface area (Å²) in [5, 5.41) is 17.2. The molecular formula is C29H41N5O4S. The van der Waals surface area contributed by atoms with Gasteiger partial charge in [0.05, 0.1) is 18.9 Å². The van der Waals surface area contributed by atoms with E-state index in [0.717, 1.165) is 55.5 Å². The van der Waals surface area contributed by atoms with Crippen LogP contribution in [0.4, 0.5) is 0 Å². The number of H-pyrrole nitrogens is 1. The maximum atomic E-state index is 13.8. The first-order valence-electron chi connectivity index (χ1n) is 14.1. The second-order valence-corrected chi connectivity index (χ2v) is 11.2. The van der Waals surface area contributed by atoms with E-state index in [4.69, 9.17) is 17.0 Å². The van der Waals surface area contributed by atoms with Gasteiger partial charge in [0.25, 0.3) is 0 Å². The van der Waals surface area contributed by atoms with Gasteiger partial charge in [0.1, 0.15) is 11.8 Å². The van der Waals surface area contributed by atoms with Crippen LogP contribution in [0.5, 0.6) is 5.75 Å². The first-order valence-corrected chi connectivity index (χ1v) is 14.5. The molecule has 212 valence electrons. The number of piperidine rings is 1. The lowest BCUT2D eigenvalue weighted by atomic mass is 9.64. The second-order valence-electron chi connectivity index (χ2n) is 10.8. The van der Waals surface area contributed by atoms with Gasteiger partial charge in [-0.3, -0.25) is 9.59 Å². The van der Waals surface area contributed by atoms with Gasteiger partial charge >= 0.3 is 5.97 Å². The number of ether oxygens (including phenoxy) is 1. The molecule has 1 aromatic carbocycles. The number of rotatable bonds is 11. The van der Waals surface area contributed by atoms with Gasteiger partial charge in [0, 0.05) is 37.9 Å². The van der Waals surface area contributed by atoms with Crippen LogP contribution in [-0.2, 0) is 22.4 Å². The Bertz CT molecular complexity index is 1080. The highest BCUT2D eigenvalue weighted by Gasteiger charge is 2.48. The molecule has 1 unspecified atom stereocenters. The monoisotopic (exact) mass is 555 g/mol. The first kappa shape index (κ1) is 28.9. The van der Waals surface area contributed by atoms with Crippen molar-refractivity contribution in [3.8, 4) is 5.75 Å². The van der Waals surface area contributed by atoms with Crippen LogP contribution in [-0.4, -0.2) is 69.7 Å². The molecule has 1 atom stereocenters. The SMILES string of the molecule is COc1ccc(CC(NC(=S)NCCCc2cnc[nH]2)C(=O)N2CCC(C(=O)O)(C3CCCCC3)CC2)cc1. The summed E-state index contributed by atoms with van der Waals surface area (Å²) in [4.78, 5) is 35.2. The van der Waals surface area contributed by atoms with E-state index in [0.29, 0.717) is 44.0 Å². The fraction of sp³-hybridized carbons (Fsp3) is 0.586. The van der Waals surface area contributed by atoms with E-state index in [1.54, 1.807) is 13.4 Å². The Kier molecular flexibility index (Phi) is 10.2. The molecule has 1 saturated heterocycles. The summed E-state index contributed by atoms with van der Waals surface area (Å²) in [6.07, 6.45) is 12.0. The summed E-state index contributed by atoms with van der Waals surface area (Å²) >= 11 is 5.57. The molecule has 1 aliphatic carbocycles. The fourth-order valence-electron chi connectivity index (χ4n) is 6.11. The van der Waals surface area contributed by atoms with Crippen molar-refractivity contribution in [3.05, 3.63) is 48.0 Å². The molecule has 1 aliphatic heterocycles. The molecule has 0 radical (unpaired) electrons. The summed E-state index contributed by atoms with van der Waals surface area (Å²) in [5.74, 6) is 0.213. The molecular weight excluding hydrogens is 514 g/mol. The molecule has 1 amide bonds. The molecule has 1 aromatic heterocycles. The predicted octanol–water partition coefficient (Wildman–Crippen LogP) is 3.70. The molecule has 2 aromatic rings. The number of amides is 1. The van der Waals surface area contributed by atoms with Crippen molar-refractivity contribution in [3.63, 3.8) is 0 Å². The van der Waals surface area contributed by atoms with Crippen LogP contribution >= 0.6 is 12.2 Å². The molecule has 0 spiro atoms. The quantitative estimate of drug-likeness (QED) is 0.245. The number of carbonyl (C=O) groups excluding carboxylic acids is 1. The second kappa shape index (κ2) is 13.8. The lowest BCUT2D eigenvalue weighted by molar-refractivity contribution is -0.160. The standard InChI is InChI=1S/C29H41N5O4S/c1-38-24-11-9-21(10-12-24)18-25(33-28(39)31-15-5-8-23-19-30-20-32-23)26(35)34-16-13-29(14-17-34,27(36)37)22-6-3-2-4-7-22/h9-12,19-20,22,25H,2-8,13-18H2,1H3,(H,30,32)(H,36,37)(H2,31,33,39). The van der Waals surface area contributed by atoms with Gasteiger partial charge in [0.15, 0.2) is 5.11 Å². The number of methoxy groups -OCH3 is 1. The number of benzene rings is 1. The van der Waals surface area contributed by atoms with E-state index in [-0.39, 0.29) is 11.8 Å². The Morgan fingerprint density at radius 3 is 2.54 bits per heavy atom. The first-order chi connectivity index (χ1) is 18.9. The van der Waals surface area contributed by atoms with Crippen LogP contribution in [0.15, 0.2) is 36.8 Å². The number of aliphatic carboxylic acids is 1. The molecule has 2 heterocycles. The van der Waals surface area contributed by atoms with Gasteiger partial charge < -0.3 is 30.4 Å². The topological polar surface area (TPSA) is 120 Å². The normalized spacial score (nSPS) is 18.2. The van der Waals surface area contributed by atoms with E-state index >= 15 is 0 Å². The number of carboxylic acids is 1. The molecule has 0 bridgehead atoms. The number of carboxylic acid groups (broad SMARTS) is 1. The van der Waals surface area contributed by atoms with E-state index in [1.165, 1.54) is 6.42 Å². The van der Waals surface area contributed by atoms with Crippen molar-refractivity contribution in [2.24, 2.45) is 11.3 Å². The van der Waals surface area contributed by atoms with E-state index in [1.807, 2.05) is 35.4 Å². The maximum Gasteiger partial charge on any atom is 0.310 e. The zero-order chi connectivity index (χ0) is 27.7. The van der Waals surface area contributed by atoms with Crippen molar-refractivity contribution < 1.29 is 19.4 Å². The highest BCUT2D eigenvalue weighted by molar-refractivity contribution is 7.80. The predicted molar refractivity (Wildman–Crippen MR) is 154 cm³/mol. The number of likely N-dealkylation sites (tertiary alicyclic amines) is 1. The molecule has 9 nitrogen and oxygen atoms in total. The number of imidazole rings is 1. The molecule has 4 N–H and O–H groups in total. The minimum atomic E-state index is -0.721. The van der Waals surface area contributed by atoms with Crippen LogP contribution in [0.3, 0.4) is 0 Å². The number of aromatic amines is 1. The van der Waals surface area contributed by atoms with Gasteiger partial charge in [-0.2, -0.15) is 0 Å². The van der Waals surface area contributed by atoms with Crippen molar-refractivity contribution in [2.45, 2.75) is 70.3 Å². The van der Waals surface area contributed by atoms with Gasteiger partial charge in [-0.05, 0) is 74.4 Å². The lowest BCUT2D eigenvalue weighted by Crippen LogP contribution is -2.56. The molecule has 2 aliphatic rings.